The van der Waals surface area contributed by atoms with Gasteiger partial charge in [-0.05, 0) is 26.0 Å². The molecule has 0 aliphatic carbocycles. The van der Waals surface area contributed by atoms with Crippen molar-refractivity contribution in [2.45, 2.75) is 32.9 Å². The zero-order chi connectivity index (χ0) is 18.0. The van der Waals surface area contributed by atoms with Gasteiger partial charge in [0.05, 0.1) is 12.8 Å². The fourth-order valence-electron chi connectivity index (χ4n) is 3.93. The molecule has 1 aromatic rings. The number of likely N-dealkylation sites (tertiary alicyclic amines) is 1. The number of carbonyl (C=O) groups is 2. The summed E-state index contributed by atoms with van der Waals surface area (Å²) in [5.41, 5.74) is -0.219. The van der Waals surface area contributed by atoms with Crippen molar-refractivity contribution in [3.63, 3.8) is 0 Å². The average molecular weight is 348 g/mol. The van der Waals surface area contributed by atoms with Crippen molar-refractivity contribution >= 4 is 11.9 Å². The van der Waals surface area contributed by atoms with E-state index in [9.17, 15) is 9.59 Å². The number of nitrogens with zero attached hydrogens (tertiary/aromatic N) is 3. The van der Waals surface area contributed by atoms with E-state index in [-0.39, 0.29) is 23.4 Å². The van der Waals surface area contributed by atoms with Crippen LogP contribution in [0.3, 0.4) is 0 Å². The van der Waals surface area contributed by atoms with Crippen molar-refractivity contribution in [2.75, 3.05) is 39.8 Å². The van der Waals surface area contributed by atoms with Gasteiger partial charge in [0.15, 0.2) is 0 Å². The van der Waals surface area contributed by atoms with Gasteiger partial charge in [0.1, 0.15) is 5.76 Å². The van der Waals surface area contributed by atoms with Gasteiger partial charge in [-0.15, -0.1) is 0 Å². The van der Waals surface area contributed by atoms with E-state index in [1.807, 2.05) is 37.9 Å². The lowest BCUT2D eigenvalue weighted by atomic mass is 9.86. The molecule has 0 bridgehead atoms. The molecule has 0 aromatic carbocycles. The fourth-order valence-corrected chi connectivity index (χ4v) is 3.93. The van der Waals surface area contributed by atoms with Crippen molar-refractivity contribution in [1.82, 2.24) is 20.0 Å². The third-order valence-electron chi connectivity index (χ3n) is 4.95. The standard InChI is InChI=1S/C18H28N4O3/c1-14(2)19-17(24)22-7-6-21(10-15-5-4-8-25-15)12-18(13-22)9-16(23)20(3)11-18/h4-5,8,14H,6-7,9-13H2,1-3H3,(H,19,24)/t18-/m1/s1. The molecule has 7 nitrogen and oxygen atoms in total. The topological polar surface area (TPSA) is 69.0 Å². The Bertz CT molecular complexity index is 616. The van der Waals surface area contributed by atoms with E-state index in [2.05, 4.69) is 10.2 Å². The van der Waals surface area contributed by atoms with Gasteiger partial charge in [-0.2, -0.15) is 0 Å². The highest BCUT2D eigenvalue weighted by atomic mass is 16.3. The number of carbonyl (C=O) groups excluding carboxylic acids is 2. The van der Waals surface area contributed by atoms with Gasteiger partial charge >= 0.3 is 6.03 Å². The zero-order valence-corrected chi connectivity index (χ0v) is 15.3. The first kappa shape index (κ1) is 17.8. The summed E-state index contributed by atoms with van der Waals surface area (Å²) in [6.07, 6.45) is 2.17. The maximum atomic E-state index is 12.6. The maximum absolute atomic E-state index is 12.6. The maximum Gasteiger partial charge on any atom is 0.317 e. The van der Waals surface area contributed by atoms with E-state index in [0.717, 1.165) is 18.8 Å². The van der Waals surface area contributed by atoms with E-state index >= 15 is 0 Å². The van der Waals surface area contributed by atoms with Crippen LogP contribution in [0.2, 0.25) is 0 Å². The summed E-state index contributed by atoms with van der Waals surface area (Å²) in [7, 11) is 1.84. The number of hydrogen-bond acceptors (Lipinski definition) is 4. The molecule has 0 saturated carbocycles. The molecule has 25 heavy (non-hydrogen) atoms. The molecule has 2 saturated heterocycles. The van der Waals surface area contributed by atoms with Crippen molar-refractivity contribution in [1.29, 1.82) is 0 Å². The number of nitrogens with one attached hydrogen (secondary N) is 1. The highest BCUT2D eigenvalue weighted by Crippen LogP contribution is 2.34. The van der Waals surface area contributed by atoms with Gasteiger partial charge in [0.25, 0.3) is 0 Å². The van der Waals surface area contributed by atoms with Crippen molar-refractivity contribution in [2.24, 2.45) is 5.41 Å². The third kappa shape index (κ3) is 4.15. The number of urea groups is 1. The summed E-state index contributed by atoms with van der Waals surface area (Å²) in [5.74, 6) is 1.07. The van der Waals surface area contributed by atoms with E-state index in [1.54, 1.807) is 11.2 Å². The van der Waals surface area contributed by atoms with Crippen LogP contribution in [0.4, 0.5) is 4.79 Å². The molecule has 2 fully saturated rings. The van der Waals surface area contributed by atoms with Crippen LogP contribution in [0.15, 0.2) is 22.8 Å². The Labute approximate surface area is 148 Å². The molecule has 0 radical (unpaired) electrons. The minimum Gasteiger partial charge on any atom is -0.468 e. The SMILES string of the molecule is CC(C)NC(=O)N1CCN(Cc2ccco2)C[C@]2(CC(=O)N(C)C2)C1. The number of hydrogen-bond donors (Lipinski definition) is 1. The first-order valence-corrected chi connectivity index (χ1v) is 8.91. The van der Waals surface area contributed by atoms with Crippen LogP contribution in [0.1, 0.15) is 26.0 Å². The van der Waals surface area contributed by atoms with Gasteiger partial charge in [-0.3, -0.25) is 9.69 Å². The summed E-state index contributed by atoms with van der Waals surface area (Å²) >= 11 is 0. The quantitative estimate of drug-likeness (QED) is 0.896. The lowest BCUT2D eigenvalue weighted by Crippen LogP contribution is -2.48. The second-order valence-electron chi connectivity index (χ2n) is 7.74. The van der Waals surface area contributed by atoms with E-state index in [1.165, 1.54) is 0 Å². The molecule has 2 aliphatic rings. The third-order valence-corrected chi connectivity index (χ3v) is 4.95. The Morgan fingerprint density at radius 2 is 2.12 bits per heavy atom. The fraction of sp³-hybridized carbons (Fsp3) is 0.667. The van der Waals surface area contributed by atoms with Crippen LogP contribution in [-0.2, 0) is 11.3 Å². The Kier molecular flexibility index (Phi) is 5.03. The first-order chi connectivity index (χ1) is 11.9. The number of amides is 3. The van der Waals surface area contributed by atoms with Gasteiger partial charge in [-0.25, -0.2) is 4.79 Å². The van der Waals surface area contributed by atoms with Crippen LogP contribution in [0.5, 0.6) is 0 Å². The monoisotopic (exact) mass is 348 g/mol. The van der Waals surface area contributed by atoms with E-state index < -0.39 is 0 Å². The Hall–Kier alpha value is -2.02. The summed E-state index contributed by atoms with van der Waals surface area (Å²) < 4.78 is 5.49. The second-order valence-corrected chi connectivity index (χ2v) is 7.74. The molecule has 1 N–H and O–H groups in total. The van der Waals surface area contributed by atoms with Crippen LogP contribution < -0.4 is 5.32 Å². The molecule has 1 atom stereocenters. The predicted octanol–water partition coefficient (Wildman–Crippen LogP) is 1.36. The molecule has 138 valence electrons. The Morgan fingerprint density at radius 1 is 1.32 bits per heavy atom. The van der Waals surface area contributed by atoms with E-state index in [4.69, 9.17) is 4.42 Å². The second kappa shape index (κ2) is 7.07. The van der Waals surface area contributed by atoms with Crippen molar-refractivity contribution < 1.29 is 14.0 Å². The van der Waals surface area contributed by atoms with E-state index in [0.29, 0.717) is 32.6 Å². The summed E-state index contributed by atoms with van der Waals surface area (Å²) in [6.45, 7) is 8.12. The summed E-state index contributed by atoms with van der Waals surface area (Å²) in [6, 6.07) is 3.90. The molecule has 3 amide bonds. The Balaban J connectivity index is 1.78. The molecular weight excluding hydrogens is 320 g/mol. The minimum atomic E-state index is -0.219. The van der Waals surface area contributed by atoms with Crippen molar-refractivity contribution in [3.8, 4) is 0 Å². The largest absolute Gasteiger partial charge is 0.468 e. The number of furan rings is 1. The van der Waals surface area contributed by atoms with Gasteiger partial charge in [-0.1, -0.05) is 0 Å². The molecule has 1 aromatic heterocycles. The molecule has 7 heteroatoms. The van der Waals surface area contributed by atoms with Crippen LogP contribution in [-0.4, -0.2) is 72.5 Å². The highest BCUT2D eigenvalue weighted by Gasteiger charge is 2.46. The van der Waals surface area contributed by atoms with Crippen LogP contribution in [0, 0.1) is 5.41 Å². The molecular formula is C18H28N4O3. The molecule has 1 spiro atoms. The Morgan fingerprint density at radius 3 is 2.72 bits per heavy atom. The normalized spacial score (nSPS) is 25.0. The predicted molar refractivity (Wildman–Crippen MR) is 93.9 cm³/mol. The smallest absolute Gasteiger partial charge is 0.317 e. The van der Waals surface area contributed by atoms with Gasteiger partial charge in [0, 0.05) is 57.6 Å². The molecule has 3 heterocycles. The summed E-state index contributed by atoms with van der Waals surface area (Å²) in [5, 5.41) is 2.98. The molecule has 2 aliphatic heterocycles. The van der Waals surface area contributed by atoms with Crippen LogP contribution >= 0.6 is 0 Å². The lowest BCUT2D eigenvalue weighted by molar-refractivity contribution is -0.126. The van der Waals surface area contributed by atoms with Crippen LogP contribution in [0.25, 0.3) is 0 Å². The van der Waals surface area contributed by atoms with Crippen molar-refractivity contribution in [3.05, 3.63) is 24.2 Å². The molecule has 0 unspecified atom stereocenters. The number of rotatable bonds is 3. The highest BCUT2D eigenvalue weighted by molar-refractivity contribution is 5.80. The average Bonchev–Trinajstić information content (AvgIpc) is 3.06. The zero-order valence-electron chi connectivity index (χ0n) is 15.3. The van der Waals surface area contributed by atoms with Gasteiger partial charge < -0.3 is 19.5 Å². The lowest BCUT2D eigenvalue weighted by Gasteiger charge is -2.33. The minimum absolute atomic E-state index is 0.0452. The summed E-state index contributed by atoms with van der Waals surface area (Å²) in [4.78, 5) is 30.7. The van der Waals surface area contributed by atoms with Gasteiger partial charge in [0.2, 0.25) is 5.91 Å². The molecule has 3 rings (SSSR count). The first-order valence-electron chi connectivity index (χ1n) is 8.91.